The zero-order valence-corrected chi connectivity index (χ0v) is 22.6. The number of carbonyl (C=O) groups excluding carboxylic acids is 2. The number of nitriles is 1. The lowest BCUT2D eigenvalue weighted by molar-refractivity contribution is -0.120. The number of nitrogens with two attached hydrogens (primary N) is 1. The molecular weight excluding hydrogens is 527 g/mol. The number of anilines is 1. The number of hydrogen-bond donors (Lipinski definition) is 2. The van der Waals surface area contributed by atoms with E-state index in [1.54, 1.807) is 12.1 Å². The average Bonchev–Trinajstić information content (AvgIpc) is 2.86. The Morgan fingerprint density at radius 1 is 1.18 bits per heavy atom. The van der Waals surface area contributed by atoms with Crippen molar-refractivity contribution in [2.45, 2.75) is 38.8 Å². The van der Waals surface area contributed by atoms with Gasteiger partial charge in [-0.15, -0.1) is 0 Å². The Balaban J connectivity index is 2.05. The normalized spacial score (nSPS) is 11.9. The number of hydrogen-bond acceptors (Lipinski definition) is 6. The molecule has 3 rings (SSSR count). The molecule has 2 amide bonds. The number of pyridine rings is 1. The van der Waals surface area contributed by atoms with Crippen molar-refractivity contribution in [2.24, 2.45) is 5.73 Å². The molecule has 0 saturated heterocycles. The van der Waals surface area contributed by atoms with E-state index in [0.29, 0.717) is 16.1 Å². The maximum absolute atomic E-state index is 14.3. The van der Waals surface area contributed by atoms with E-state index < -0.39 is 34.8 Å². The number of primary amides is 1. The number of methoxy groups -OCH3 is 1. The summed E-state index contributed by atoms with van der Waals surface area (Å²) in [4.78, 5) is 38.1. The Morgan fingerprint density at radius 2 is 1.90 bits per heavy atom. The maximum Gasteiger partial charge on any atom is 0.252 e. The maximum atomic E-state index is 14.3. The number of rotatable bonds is 9. The van der Waals surface area contributed by atoms with Crippen LogP contribution in [0.1, 0.15) is 49.2 Å². The minimum atomic E-state index is -1.09. The summed E-state index contributed by atoms with van der Waals surface area (Å²) in [5.74, 6) is -2.25. The Hall–Kier alpha value is -4.20. The first-order valence-corrected chi connectivity index (χ1v) is 12.3. The highest BCUT2D eigenvalue weighted by Crippen LogP contribution is 2.33. The molecule has 1 aromatic heterocycles. The molecular formula is C28H28ClFN4O5. The third-order valence-electron chi connectivity index (χ3n) is 5.72. The molecule has 39 heavy (non-hydrogen) atoms. The van der Waals surface area contributed by atoms with Crippen molar-refractivity contribution in [1.82, 2.24) is 4.57 Å². The average molecular weight is 555 g/mol. The lowest BCUT2D eigenvalue weighted by Gasteiger charge is -2.24. The second kappa shape index (κ2) is 12.1. The molecule has 0 aliphatic heterocycles. The molecule has 0 bridgehead atoms. The molecule has 0 fully saturated rings. The minimum Gasteiger partial charge on any atom is -0.495 e. The lowest BCUT2D eigenvalue weighted by Crippen LogP contribution is -2.34. The fraction of sp³-hybridized carbons (Fsp3) is 0.286. The van der Waals surface area contributed by atoms with Gasteiger partial charge >= 0.3 is 0 Å². The molecule has 0 radical (unpaired) electrons. The van der Waals surface area contributed by atoms with Crippen molar-refractivity contribution < 1.29 is 23.5 Å². The van der Waals surface area contributed by atoms with E-state index in [1.807, 2.05) is 20.8 Å². The molecule has 1 unspecified atom stereocenters. The van der Waals surface area contributed by atoms with Crippen LogP contribution in [0.3, 0.4) is 0 Å². The van der Waals surface area contributed by atoms with Gasteiger partial charge in [0.05, 0.1) is 36.1 Å². The van der Waals surface area contributed by atoms with Crippen molar-refractivity contribution in [1.29, 1.82) is 5.26 Å². The second-order valence-corrected chi connectivity index (χ2v) is 10.1. The Bertz CT molecular complexity index is 1510. The van der Waals surface area contributed by atoms with Crippen molar-refractivity contribution in [3.8, 4) is 22.9 Å². The predicted octanol–water partition coefficient (Wildman–Crippen LogP) is 4.67. The van der Waals surface area contributed by atoms with Crippen molar-refractivity contribution in [3.05, 3.63) is 81.0 Å². The van der Waals surface area contributed by atoms with Gasteiger partial charge in [0, 0.05) is 40.9 Å². The number of benzene rings is 2. The summed E-state index contributed by atoms with van der Waals surface area (Å²) in [6.07, 6.45) is 1.46. The molecule has 3 aromatic rings. The highest BCUT2D eigenvalue weighted by atomic mass is 35.5. The van der Waals surface area contributed by atoms with E-state index >= 15 is 0 Å². The Morgan fingerprint density at radius 3 is 2.49 bits per heavy atom. The lowest BCUT2D eigenvalue weighted by atomic mass is 10.00. The van der Waals surface area contributed by atoms with Crippen LogP contribution in [0.15, 0.2) is 53.5 Å². The smallest absolute Gasteiger partial charge is 0.252 e. The van der Waals surface area contributed by atoms with Gasteiger partial charge < -0.3 is 20.5 Å². The van der Waals surface area contributed by atoms with E-state index in [9.17, 15) is 24.0 Å². The fourth-order valence-electron chi connectivity index (χ4n) is 3.87. The number of halogens is 2. The van der Waals surface area contributed by atoms with Gasteiger partial charge in [0.25, 0.3) is 11.5 Å². The zero-order chi connectivity index (χ0) is 28.9. The SMILES string of the molecule is COc1cn(C(CCOC(C)(C)C)C(=O)Nc2ccc(C(N)=O)c(F)c2)c(=O)cc1-c1cc(Cl)ccc1C#N. The van der Waals surface area contributed by atoms with Gasteiger partial charge in [-0.05, 0) is 57.2 Å². The van der Waals surface area contributed by atoms with E-state index in [4.69, 9.17) is 26.8 Å². The van der Waals surface area contributed by atoms with Gasteiger partial charge in [0.15, 0.2) is 0 Å². The molecule has 0 aliphatic carbocycles. The molecule has 204 valence electrons. The van der Waals surface area contributed by atoms with E-state index in [1.165, 1.54) is 36.1 Å². The number of ether oxygens (including phenoxy) is 2. The number of nitrogens with zero attached hydrogens (tertiary/aromatic N) is 2. The van der Waals surface area contributed by atoms with E-state index in [-0.39, 0.29) is 35.6 Å². The quantitative estimate of drug-likeness (QED) is 0.394. The van der Waals surface area contributed by atoms with Crippen LogP contribution in [-0.4, -0.2) is 35.7 Å². The Kier molecular flexibility index (Phi) is 9.11. The van der Waals surface area contributed by atoms with Crippen molar-refractivity contribution in [3.63, 3.8) is 0 Å². The fourth-order valence-corrected chi connectivity index (χ4v) is 4.05. The van der Waals surface area contributed by atoms with E-state index in [0.717, 1.165) is 12.1 Å². The summed E-state index contributed by atoms with van der Waals surface area (Å²) < 4.78 is 26.8. The molecule has 0 saturated carbocycles. The summed E-state index contributed by atoms with van der Waals surface area (Å²) in [5, 5.41) is 12.5. The number of nitrogens with one attached hydrogen (secondary N) is 1. The molecule has 3 N–H and O–H groups in total. The molecule has 11 heteroatoms. The third kappa shape index (κ3) is 7.22. The number of aromatic nitrogens is 1. The van der Waals surface area contributed by atoms with Crippen molar-refractivity contribution >= 4 is 29.1 Å². The Labute approximate surface area is 229 Å². The molecule has 9 nitrogen and oxygen atoms in total. The van der Waals surface area contributed by atoms with Crippen LogP contribution in [0.25, 0.3) is 11.1 Å². The molecule has 1 atom stereocenters. The first-order valence-electron chi connectivity index (χ1n) is 11.9. The summed E-state index contributed by atoms with van der Waals surface area (Å²) in [5.41, 5.74) is 4.85. The van der Waals surface area contributed by atoms with Crippen LogP contribution in [0.5, 0.6) is 5.75 Å². The van der Waals surface area contributed by atoms with Crippen molar-refractivity contribution in [2.75, 3.05) is 19.0 Å². The first-order chi connectivity index (χ1) is 18.3. The first kappa shape index (κ1) is 29.4. The van der Waals surface area contributed by atoms with Gasteiger partial charge in [-0.2, -0.15) is 5.26 Å². The van der Waals surface area contributed by atoms with Crippen LogP contribution in [0, 0.1) is 17.1 Å². The van der Waals surface area contributed by atoms with Gasteiger partial charge in [-0.1, -0.05) is 11.6 Å². The highest BCUT2D eigenvalue weighted by molar-refractivity contribution is 6.31. The molecule has 0 aliphatic rings. The van der Waals surface area contributed by atoms with Gasteiger partial charge in [0.1, 0.15) is 17.6 Å². The van der Waals surface area contributed by atoms with Gasteiger partial charge in [-0.3, -0.25) is 19.0 Å². The summed E-state index contributed by atoms with van der Waals surface area (Å²) in [6, 6.07) is 10.3. The van der Waals surface area contributed by atoms with Crippen LogP contribution in [-0.2, 0) is 9.53 Å². The molecule has 2 aromatic carbocycles. The van der Waals surface area contributed by atoms with E-state index in [2.05, 4.69) is 11.4 Å². The third-order valence-corrected chi connectivity index (χ3v) is 5.96. The van der Waals surface area contributed by atoms with Crippen LogP contribution in [0.2, 0.25) is 5.02 Å². The molecule has 1 heterocycles. The van der Waals surface area contributed by atoms with Crippen LogP contribution < -0.4 is 21.3 Å². The largest absolute Gasteiger partial charge is 0.495 e. The standard InChI is InChI=1S/C28H28ClFN4O5/c1-28(2,3)39-10-9-23(27(37)33-18-7-8-19(26(32)36)22(30)12-18)34-15-24(38-4)21(13-25(34)35)20-11-17(29)6-5-16(20)14-31/h5-8,11-13,15,23H,9-10H2,1-4H3,(H2,32,36)(H,33,37). The summed E-state index contributed by atoms with van der Waals surface area (Å²) in [6.45, 7) is 5.69. The van der Waals surface area contributed by atoms with Crippen LogP contribution >= 0.6 is 11.6 Å². The minimum absolute atomic E-state index is 0.0680. The zero-order valence-electron chi connectivity index (χ0n) is 21.9. The molecule has 0 spiro atoms. The van der Waals surface area contributed by atoms with Crippen LogP contribution in [0.4, 0.5) is 10.1 Å². The number of amides is 2. The topological polar surface area (TPSA) is 136 Å². The van der Waals surface area contributed by atoms with Gasteiger partial charge in [-0.25, -0.2) is 4.39 Å². The highest BCUT2D eigenvalue weighted by Gasteiger charge is 2.25. The monoisotopic (exact) mass is 554 g/mol. The van der Waals surface area contributed by atoms with Gasteiger partial charge in [0.2, 0.25) is 5.91 Å². The summed E-state index contributed by atoms with van der Waals surface area (Å²) in [7, 11) is 1.39. The summed E-state index contributed by atoms with van der Waals surface area (Å²) >= 11 is 6.14. The second-order valence-electron chi connectivity index (χ2n) is 9.62. The predicted molar refractivity (Wildman–Crippen MR) is 145 cm³/mol. The number of carbonyl (C=O) groups is 2.